The lowest BCUT2D eigenvalue weighted by Gasteiger charge is -2.37. The fraction of sp³-hybridized carbons (Fsp3) is 0.706. The molecule has 1 atom stereocenters. The normalized spacial score (nSPS) is 23.7. The number of carbonyl (C=O) groups is 1. The summed E-state index contributed by atoms with van der Waals surface area (Å²) in [6.45, 7) is 5.97. The van der Waals surface area contributed by atoms with Crippen molar-refractivity contribution in [2.45, 2.75) is 38.1 Å². The van der Waals surface area contributed by atoms with E-state index in [1.54, 1.807) is 11.3 Å². The molecule has 122 valence electrons. The van der Waals surface area contributed by atoms with Gasteiger partial charge in [-0.25, -0.2) is 0 Å². The van der Waals surface area contributed by atoms with Crippen LogP contribution in [0.3, 0.4) is 0 Å². The minimum absolute atomic E-state index is 0.179. The van der Waals surface area contributed by atoms with Gasteiger partial charge in [0.15, 0.2) is 0 Å². The van der Waals surface area contributed by atoms with E-state index in [4.69, 9.17) is 0 Å². The predicted octanol–water partition coefficient (Wildman–Crippen LogP) is 1.97. The van der Waals surface area contributed by atoms with Crippen molar-refractivity contribution in [2.75, 3.05) is 39.3 Å². The van der Waals surface area contributed by atoms with Gasteiger partial charge in [-0.05, 0) is 63.2 Å². The molecule has 2 saturated heterocycles. The van der Waals surface area contributed by atoms with Crippen LogP contribution in [0.15, 0.2) is 17.5 Å². The fourth-order valence-corrected chi connectivity index (χ4v) is 4.33. The number of piperidine rings is 1. The molecule has 1 unspecified atom stereocenters. The Morgan fingerprint density at radius 3 is 2.91 bits per heavy atom. The highest BCUT2D eigenvalue weighted by Crippen LogP contribution is 2.20. The molecule has 1 aromatic heterocycles. The first-order valence-corrected chi connectivity index (χ1v) is 9.45. The first kappa shape index (κ1) is 16.0. The number of hydrogen-bond acceptors (Lipinski definition) is 4. The summed E-state index contributed by atoms with van der Waals surface area (Å²) in [5.41, 5.74) is 0. The fourth-order valence-electron chi connectivity index (χ4n) is 3.62. The Morgan fingerprint density at radius 1 is 1.27 bits per heavy atom. The Kier molecular flexibility index (Phi) is 5.87. The maximum Gasteiger partial charge on any atom is 0.234 e. The van der Waals surface area contributed by atoms with E-state index < -0.39 is 0 Å². The zero-order valence-corrected chi connectivity index (χ0v) is 14.1. The van der Waals surface area contributed by atoms with E-state index in [-0.39, 0.29) is 5.91 Å². The molecule has 1 aromatic rings. The summed E-state index contributed by atoms with van der Waals surface area (Å²) in [6, 6.07) is 4.87. The second-order valence-electron chi connectivity index (χ2n) is 6.45. The molecule has 0 aliphatic carbocycles. The second-order valence-corrected chi connectivity index (χ2v) is 7.49. The first-order chi connectivity index (χ1) is 10.8. The van der Waals surface area contributed by atoms with Gasteiger partial charge in [-0.15, -0.1) is 11.3 Å². The Balaban J connectivity index is 1.37. The third-order valence-electron chi connectivity index (χ3n) is 4.78. The molecule has 2 fully saturated rings. The summed E-state index contributed by atoms with van der Waals surface area (Å²) in [5, 5.41) is 5.15. The van der Waals surface area contributed by atoms with Crippen molar-refractivity contribution in [3.05, 3.63) is 22.4 Å². The molecule has 5 heteroatoms. The average molecular weight is 321 g/mol. The van der Waals surface area contributed by atoms with Crippen molar-refractivity contribution in [2.24, 2.45) is 0 Å². The second kappa shape index (κ2) is 8.09. The maximum absolute atomic E-state index is 12.1. The topological polar surface area (TPSA) is 35.6 Å². The van der Waals surface area contributed by atoms with Gasteiger partial charge in [-0.3, -0.25) is 14.6 Å². The number of likely N-dealkylation sites (tertiary alicyclic amines) is 2. The third kappa shape index (κ3) is 4.54. The number of amides is 1. The molecule has 3 rings (SSSR count). The van der Waals surface area contributed by atoms with E-state index in [2.05, 4.69) is 32.6 Å². The number of thiophene rings is 1. The molecule has 2 aliphatic rings. The molecule has 0 aromatic carbocycles. The van der Waals surface area contributed by atoms with Crippen molar-refractivity contribution >= 4 is 17.2 Å². The molecule has 0 bridgehead atoms. The molecular formula is C17H27N3OS. The minimum Gasteiger partial charge on any atom is -0.355 e. The molecule has 1 amide bonds. The van der Waals surface area contributed by atoms with E-state index in [1.807, 2.05) is 0 Å². The average Bonchev–Trinajstić information content (AvgIpc) is 3.21. The van der Waals surface area contributed by atoms with Crippen molar-refractivity contribution in [3.63, 3.8) is 0 Å². The summed E-state index contributed by atoms with van der Waals surface area (Å²) in [6.07, 6.45) is 6.17. The summed E-state index contributed by atoms with van der Waals surface area (Å²) < 4.78 is 0. The zero-order valence-electron chi connectivity index (χ0n) is 13.3. The molecule has 0 saturated carbocycles. The molecule has 4 nitrogen and oxygen atoms in total. The first-order valence-electron chi connectivity index (χ1n) is 8.57. The number of nitrogens with one attached hydrogen (secondary N) is 1. The van der Waals surface area contributed by atoms with Gasteiger partial charge in [0.25, 0.3) is 0 Å². The van der Waals surface area contributed by atoms with Crippen molar-refractivity contribution in [3.8, 4) is 0 Å². The lowest BCUT2D eigenvalue weighted by Crippen LogP contribution is -2.49. The molecular weight excluding hydrogens is 294 g/mol. The maximum atomic E-state index is 12.1. The number of rotatable bonds is 6. The molecule has 2 aliphatic heterocycles. The number of hydrogen-bond donors (Lipinski definition) is 1. The van der Waals surface area contributed by atoms with E-state index in [0.29, 0.717) is 12.6 Å². The Morgan fingerprint density at radius 2 is 2.14 bits per heavy atom. The van der Waals surface area contributed by atoms with E-state index >= 15 is 0 Å². The van der Waals surface area contributed by atoms with Gasteiger partial charge in [0.2, 0.25) is 5.91 Å². The van der Waals surface area contributed by atoms with E-state index in [9.17, 15) is 4.79 Å². The smallest absolute Gasteiger partial charge is 0.234 e. The number of nitrogens with zero attached hydrogens (tertiary/aromatic N) is 2. The highest BCUT2D eigenvalue weighted by atomic mass is 32.1. The third-order valence-corrected chi connectivity index (χ3v) is 5.71. The van der Waals surface area contributed by atoms with Gasteiger partial charge in [-0.1, -0.05) is 6.07 Å². The largest absolute Gasteiger partial charge is 0.355 e. The van der Waals surface area contributed by atoms with Crippen LogP contribution in [0.2, 0.25) is 0 Å². The monoisotopic (exact) mass is 321 g/mol. The van der Waals surface area contributed by atoms with Gasteiger partial charge in [0.05, 0.1) is 6.54 Å². The van der Waals surface area contributed by atoms with Crippen LogP contribution >= 0.6 is 11.3 Å². The lowest BCUT2D eigenvalue weighted by molar-refractivity contribution is -0.122. The van der Waals surface area contributed by atoms with Crippen molar-refractivity contribution < 1.29 is 4.79 Å². The predicted molar refractivity (Wildman–Crippen MR) is 91.3 cm³/mol. The summed E-state index contributed by atoms with van der Waals surface area (Å²) >= 11 is 1.76. The van der Waals surface area contributed by atoms with Gasteiger partial charge in [0.1, 0.15) is 0 Å². The number of carbonyl (C=O) groups excluding carboxylic acids is 1. The van der Waals surface area contributed by atoms with Crippen LogP contribution < -0.4 is 5.32 Å². The lowest BCUT2D eigenvalue weighted by atomic mass is 10.0. The van der Waals surface area contributed by atoms with Crippen LogP contribution in [0, 0.1) is 0 Å². The molecule has 3 heterocycles. The van der Waals surface area contributed by atoms with Gasteiger partial charge >= 0.3 is 0 Å². The van der Waals surface area contributed by atoms with Gasteiger partial charge < -0.3 is 5.32 Å². The molecule has 1 N–H and O–H groups in total. The van der Waals surface area contributed by atoms with Crippen LogP contribution in [0.25, 0.3) is 0 Å². The van der Waals surface area contributed by atoms with E-state index in [1.165, 1.54) is 43.6 Å². The van der Waals surface area contributed by atoms with Gasteiger partial charge in [0, 0.05) is 24.0 Å². The van der Waals surface area contributed by atoms with E-state index in [0.717, 1.165) is 26.1 Å². The van der Waals surface area contributed by atoms with Crippen LogP contribution in [0.4, 0.5) is 0 Å². The Labute approximate surface area is 137 Å². The quantitative estimate of drug-likeness (QED) is 0.870. The SMILES string of the molecule is O=C(CN1CCCC(N2CCCC2)C1)NCCc1cccs1. The summed E-state index contributed by atoms with van der Waals surface area (Å²) in [5.74, 6) is 0.179. The molecule has 0 spiro atoms. The highest BCUT2D eigenvalue weighted by molar-refractivity contribution is 7.09. The zero-order chi connectivity index (χ0) is 15.2. The summed E-state index contributed by atoms with van der Waals surface area (Å²) in [7, 11) is 0. The Bertz CT molecular complexity index is 456. The van der Waals surface area contributed by atoms with Crippen molar-refractivity contribution in [1.29, 1.82) is 0 Å². The minimum atomic E-state index is 0.179. The highest BCUT2D eigenvalue weighted by Gasteiger charge is 2.27. The van der Waals surface area contributed by atoms with Crippen LogP contribution in [-0.2, 0) is 11.2 Å². The van der Waals surface area contributed by atoms with Crippen LogP contribution in [0.5, 0.6) is 0 Å². The molecule has 0 radical (unpaired) electrons. The van der Waals surface area contributed by atoms with Crippen LogP contribution in [-0.4, -0.2) is 61.0 Å². The van der Waals surface area contributed by atoms with Crippen molar-refractivity contribution in [1.82, 2.24) is 15.1 Å². The summed E-state index contributed by atoms with van der Waals surface area (Å²) in [4.78, 5) is 18.4. The van der Waals surface area contributed by atoms with Gasteiger partial charge in [-0.2, -0.15) is 0 Å². The Hall–Kier alpha value is -0.910. The van der Waals surface area contributed by atoms with Crippen LogP contribution in [0.1, 0.15) is 30.6 Å². The standard InChI is InChI=1S/C17H27N3OS/c21-17(18-8-7-16-6-4-12-22-16)14-19-9-3-5-15(13-19)20-10-1-2-11-20/h4,6,12,15H,1-3,5,7-11,13-14H2,(H,18,21). The molecule has 22 heavy (non-hydrogen) atoms.